The number of hydrogen-bond donors (Lipinski definition) is 0. The van der Waals surface area contributed by atoms with E-state index in [1.165, 1.54) is 7.11 Å². The van der Waals surface area contributed by atoms with Crippen molar-refractivity contribution in [1.29, 1.82) is 0 Å². The molecule has 3 aromatic rings. The summed E-state index contributed by atoms with van der Waals surface area (Å²) in [5, 5.41) is 0.954. The highest BCUT2D eigenvalue weighted by Gasteiger charge is 2.21. The molecule has 0 aliphatic heterocycles. The van der Waals surface area contributed by atoms with E-state index < -0.39 is 17.5 Å². The Kier molecular flexibility index (Phi) is 4.87. The van der Waals surface area contributed by atoms with E-state index in [2.05, 4.69) is 0 Å². The third-order valence-corrected chi connectivity index (χ3v) is 5.51. The maximum atomic E-state index is 13.9. The lowest BCUT2D eigenvalue weighted by Gasteiger charge is -2.25. The Morgan fingerprint density at radius 3 is 2.29 bits per heavy atom. The lowest BCUT2D eigenvalue weighted by atomic mass is 9.94. The summed E-state index contributed by atoms with van der Waals surface area (Å²) in [5.74, 6) is -3.51. The zero-order valence-electron chi connectivity index (χ0n) is 15.5. The summed E-state index contributed by atoms with van der Waals surface area (Å²) >= 11 is 0. The molecule has 0 amide bonds. The molecule has 0 bridgehead atoms. The van der Waals surface area contributed by atoms with Crippen LogP contribution in [0, 0.1) is 17.5 Å². The zero-order chi connectivity index (χ0) is 19.8. The molecule has 3 nitrogen and oxygen atoms in total. The molecule has 1 aliphatic rings. The molecule has 1 aromatic heterocycles. The molecule has 0 atom stereocenters. The Labute approximate surface area is 160 Å². The lowest BCUT2D eigenvalue weighted by molar-refractivity contribution is 0.347. The molecular weight excluding hydrogens is 367 g/mol. The zero-order valence-corrected chi connectivity index (χ0v) is 15.5. The molecule has 4 rings (SSSR count). The normalized spacial score (nSPS) is 15.1. The highest BCUT2D eigenvalue weighted by molar-refractivity contribution is 5.96. The van der Waals surface area contributed by atoms with Crippen LogP contribution < -0.4 is 10.3 Å². The number of hydrogen-bond acceptors (Lipinski definition) is 2. The van der Waals surface area contributed by atoms with Gasteiger partial charge in [0.05, 0.1) is 7.11 Å². The molecule has 28 heavy (non-hydrogen) atoms. The van der Waals surface area contributed by atoms with Gasteiger partial charge in [-0.15, -0.1) is 0 Å². The number of fused-ring (bicyclic) bond motifs is 1. The van der Waals surface area contributed by atoms with Crippen LogP contribution in [0.15, 0.2) is 41.3 Å². The highest BCUT2D eigenvalue weighted by Crippen LogP contribution is 2.34. The van der Waals surface area contributed by atoms with E-state index in [1.54, 1.807) is 29.0 Å². The number of pyridine rings is 1. The first-order valence-electron chi connectivity index (χ1n) is 9.37. The molecule has 1 heterocycles. The van der Waals surface area contributed by atoms with Crippen molar-refractivity contribution >= 4 is 10.8 Å². The van der Waals surface area contributed by atoms with E-state index in [4.69, 9.17) is 4.74 Å². The van der Waals surface area contributed by atoms with Crippen molar-refractivity contribution in [2.45, 2.75) is 38.1 Å². The highest BCUT2D eigenvalue weighted by atomic mass is 19.2. The molecule has 1 saturated carbocycles. The molecule has 146 valence electrons. The van der Waals surface area contributed by atoms with Gasteiger partial charge in [-0.2, -0.15) is 0 Å². The Balaban J connectivity index is 2.02. The van der Waals surface area contributed by atoms with Gasteiger partial charge < -0.3 is 9.30 Å². The second kappa shape index (κ2) is 7.34. The van der Waals surface area contributed by atoms with Crippen LogP contribution >= 0.6 is 0 Å². The Morgan fingerprint density at radius 1 is 0.964 bits per heavy atom. The predicted octanol–water partition coefficient (Wildman–Crippen LogP) is 5.60. The Bertz CT molecular complexity index is 1080. The molecule has 1 aliphatic carbocycles. The van der Waals surface area contributed by atoms with Crippen molar-refractivity contribution in [2.75, 3.05) is 7.11 Å². The minimum Gasteiger partial charge on any atom is -0.497 e. The number of ether oxygens (including phenoxy) is 1. The third kappa shape index (κ3) is 3.17. The van der Waals surface area contributed by atoms with Crippen molar-refractivity contribution in [1.82, 2.24) is 4.57 Å². The van der Waals surface area contributed by atoms with Gasteiger partial charge in [-0.25, -0.2) is 13.2 Å². The van der Waals surface area contributed by atoms with Gasteiger partial charge in [0.1, 0.15) is 5.75 Å². The monoisotopic (exact) mass is 387 g/mol. The second-order valence-electron chi connectivity index (χ2n) is 7.21. The summed E-state index contributed by atoms with van der Waals surface area (Å²) in [7, 11) is 1.50. The van der Waals surface area contributed by atoms with E-state index in [9.17, 15) is 18.0 Å². The molecule has 0 saturated heterocycles. The van der Waals surface area contributed by atoms with E-state index in [1.807, 2.05) is 0 Å². The molecule has 1 fully saturated rings. The van der Waals surface area contributed by atoms with E-state index in [0.717, 1.165) is 44.2 Å². The first-order valence-corrected chi connectivity index (χ1v) is 9.37. The van der Waals surface area contributed by atoms with Gasteiger partial charge in [-0.05, 0) is 48.7 Å². The lowest BCUT2D eigenvalue weighted by Crippen LogP contribution is -2.26. The smallest absolute Gasteiger partial charge is 0.258 e. The van der Waals surface area contributed by atoms with Crippen molar-refractivity contribution < 1.29 is 17.9 Å². The molecule has 0 unspecified atom stereocenters. The average Bonchev–Trinajstić information content (AvgIpc) is 2.72. The maximum Gasteiger partial charge on any atom is 0.258 e. The third-order valence-electron chi connectivity index (χ3n) is 5.51. The first kappa shape index (κ1) is 18.6. The minimum absolute atomic E-state index is 0.0432. The van der Waals surface area contributed by atoms with Crippen molar-refractivity contribution in [3.05, 3.63) is 64.3 Å². The fourth-order valence-corrected chi connectivity index (χ4v) is 4.04. The quantitative estimate of drug-likeness (QED) is 0.548. The van der Waals surface area contributed by atoms with Gasteiger partial charge in [0.25, 0.3) is 5.56 Å². The summed E-state index contributed by atoms with van der Waals surface area (Å²) in [4.78, 5) is 13.1. The second-order valence-corrected chi connectivity index (χ2v) is 7.21. The number of methoxy groups -OCH3 is 1. The van der Waals surface area contributed by atoms with Gasteiger partial charge in [-0.3, -0.25) is 4.79 Å². The molecule has 2 aromatic carbocycles. The van der Waals surface area contributed by atoms with Crippen LogP contribution in [0.25, 0.3) is 21.9 Å². The minimum atomic E-state index is -1.51. The van der Waals surface area contributed by atoms with E-state index in [-0.39, 0.29) is 17.2 Å². The Morgan fingerprint density at radius 2 is 1.64 bits per heavy atom. The van der Waals surface area contributed by atoms with Crippen LogP contribution in [-0.4, -0.2) is 11.7 Å². The topological polar surface area (TPSA) is 31.2 Å². The van der Waals surface area contributed by atoms with Crippen LogP contribution in [0.4, 0.5) is 13.2 Å². The van der Waals surface area contributed by atoms with Crippen molar-refractivity contribution in [2.24, 2.45) is 0 Å². The summed E-state index contributed by atoms with van der Waals surface area (Å²) in [6.07, 6.45) is 6.61. The van der Waals surface area contributed by atoms with Gasteiger partial charge in [0.2, 0.25) is 0 Å². The van der Waals surface area contributed by atoms with Gasteiger partial charge in [0.15, 0.2) is 17.5 Å². The number of halogens is 3. The Hall–Kier alpha value is -2.76. The summed E-state index contributed by atoms with van der Waals surface area (Å²) in [6.45, 7) is 0. The number of rotatable bonds is 3. The van der Waals surface area contributed by atoms with E-state index in [0.29, 0.717) is 22.1 Å². The molecule has 6 heteroatoms. The number of benzene rings is 2. The maximum absolute atomic E-state index is 13.9. The fourth-order valence-electron chi connectivity index (χ4n) is 4.04. The number of aromatic nitrogens is 1. The average molecular weight is 387 g/mol. The molecule has 0 N–H and O–H groups in total. The van der Waals surface area contributed by atoms with Gasteiger partial charge in [-0.1, -0.05) is 19.3 Å². The molecular formula is C22H20F3NO2. The van der Waals surface area contributed by atoms with Crippen LogP contribution in [0.2, 0.25) is 0 Å². The van der Waals surface area contributed by atoms with Crippen molar-refractivity contribution in [3.63, 3.8) is 0 Å². The van der Waals surface area contributed by atoms with Gasteiger partial charge in [0, 0.05) is 28.6 Å². The standard InChI is InChI=1S/C22H20F3NO2/c1-28-15-7-8-16-17(11-15)18(13-9-19(23)21(25)20(24)10-13)12-26(22(16)27)14-5-3-2-4-6-14/h7-12,14H,2-6H2,1H3. The largest absolute Gasteiger partial charge is 0.497 e. The number of nitrogens with zero attached hydrogens (tertiary/aromatic N) is 1. The predicted molar refractivity (Wildman–Crippen MR) is 102 cm³/mol. The summed E-state index contributed by atoms with van der Waals surface area (Å²) in [6, 6.07) is 6.97. The SMILES string of the molecule is COc1ccc2c(=O)n(C3CCCCC3)cc(-c3cc(F)c(F)c(F)c3)c2c1. The van der Waals surface area contributed by atoms with Crippen LogP contribution in [0.3, 0.4) is 0 Å². The first-order chi connectivity index (χ1) is 13.5. The van der Waals surface area contributed by atoms with Crippen LogP contribution in [0.5, 0.6) is 5.75 Å². The summed E-state index contributed by atoms with van der Waals surface area (Å²) < 4.78 is 48.2. The fraction of sp³-hybridized carbons (Fsp3) is 0.318. The van der Waals surface area contributed by atoms with Crippen molar-refractivity contribution in [3.8, 4) is 16.9 Å². The van der Waals surface area contributed by atoms with E-state index >= 15 is 0 Å². The van der Waals surface area contributed by atoms with Crippen LogP contribution in [0.1, 0.15) is 38.1 Å². The van der Waals surface area contributed by atoms with Gasteiger partial charge >= 0.3 is 0 Å². The summed E-state index contributed by atoms with van der Waals surface area (Å²) in [5.41, 5.74) is 0.507. The van der Waals surface area contributed by atoms with Crippen LogP contribution in [-0.2, 0) is 0 Å². The molecule has 0 spiro atoms. The molecule has 0 radical (unpaired) electrons.